The Kier molecular flexibility index (Phi) is 3.67. The number of carbonyl (C=O) groups excluding carboxylic acids is 1. The maximum atomic E-state index is 12.3. The molecule has 1 rings (SSSR count). The first kappa shape index (κ1) is 12.2. The van der Waals surface area contributed by atoms with Crippen molar-refractivity contribution < 1.29 is 18.0 Å². The number of hydrogen-bond acceptors (Lipinski definition) is 2. The molecule has 0 saturated heterocycles. The van der Waals surface area contributed by atoms with Gasteiger partial charge in [-0.05, 0) is 11.6 Å². The van der Waals surface area contributed by atoms with E-state index in [0.29, 0.717) is 0 Å². The van der Waals surface area contributed by atoms with Gasteiger partial charge in [-0.2, -0.15) is 18.4 Å². The first-order chi connectivity index (χ1) is 7.43. The molecule has 0 unspecified atom stereocenters. The molecule has 0 spiro atoms. The number of alkyl halides is 3. The Morgan fingerprint density at radius 3 is 2.62 bits per heavy atom. The fraction of sp³-hybridized carbons (Fsp3) is 0.273. The molecule has 2 nitrogen and oxygen atoms in total. The van der Waals surface area contributed by atoms with Crippen LogP contribution in [0.5, 0.6) is 0 Å². The van der Waals surface area contributed by atoms with Gasteiger partial charge in [-0.25, -0.2) is 0 Å². The zero-order valence-electron chi connectivity index (χ0n) is 8.21. The summed E-state index contributed by atoms with van der Waals surface area (Å²) >= 11 is 0. The van der Waals surface area contributed by atoms with Gasteiger partial charge in [0.15, 0.2) is 5.78 Å². The van der Waals surface area contributed by atoms with Gasteiger partial charge >= 0.3 is 6.18 Å². The Morgan fingerprint density at radius 1 is 1.38 bits per heavy atom. The van der Waals surface area contributed by atoms with Gasteiger partial charge in [-0.15, -0.1) is 0 Å². The van der Waals surface area contributed by atoms with E-state index >= 15 is 0 Å². The molecule has 0 amide bonds. The summed E-state index contributed by atoms with van der Waals surface area (Å²) in [5, 5.41) is 8.25. The zero-order valence-corrected chi connectivity index (χ0v) is 8.21. The summed E-state index contributed by atoms with van der Waals surface area (Å²) in [5.74, 6) is -0.387. The SMILES string of the molecule is N#CCC(=O)Cc1cccc(C(F)(F)F)c1. The number of rotatable bonds is 3. The molecule has 0 atom stereocenters. The van der Waals surface area contributed by atoms with Crippen molar-refractivity contribution in [3.63, 3.8) is 0 Å². The van der Waals surface area contributed by atoms with Crippen molar-refractivity contribution in [3.8, 4) is 6.07 Å². The van der Waals surface area contributed by atoms with Crippen LogP contribution in [0.2, 0.25) is 0 Å². The molecule has 5 heteroatoms. The quantitative estimate of drug-likeness (QED) is 0.796. The van der Waals surface area contributed by atoms with Crippen LogP contribution in [0.4, 0.5) is 13.2 Å². The summed E-state index contributed by atoms with van der Waals surface area (Å²) in [6.07, 6.45) is -4.83. The van der Waals surface area contributed by atoms with E-state index in [4.69, 9.17) is 5.26 Å². The fourth-order valence-electron chi connectivity index (χ4n) is 1.24. The van der Waals surface area contributed by atoms with Crippen LogP contribution in [0.1, 0.15) is 17.5 Å². The van der Waals surface area contributed by atoms with E-state index in [0.717, 1.165) is 12.1 Å². The average molecular weight is 227 g/mol. The minimum Gasteiger partial charge on any atom is -0.298 e. The highest BCUT2D eigenvalue weighted by atomic mass is 19.4. The van der Waals surface area contributed by atoms with Gasteiger partial charge in [-0.1, -0.05) is 18.2 Å². The average Bonchev–Trinajstić information content (AvgIpc) is 2.17. The van der Waals surface area contributed by atoms with Crippen molar-refractivity contribution in [2.75, 3.05) is 0 Å². The van der Waals surface area contributed by atoms with E-state index in [-0.39, 0.29) is 24.2 Å². The predicted octanol–water partition coefficient (Wildman–Crippen LogP) is 2.73. The lowest BCUT2D eigenvalue weighted by Gasteiger charge is -2.07. The van der Waals surface area contributed by atoms with E-state index in [1.54, 1.807) is 6.07 Å². The third-order valence-corrected chi connectivity index (χ3v) is 1.93. The topological polar surface area (TPSA) is 40.9 Å². The lowest BCUT2D eigenvalue weighted by Crippen LogP contribution is -2.07. The summed E-state index contributed by atoms with van der Waals surface area (Å²) in [6.45, 7) is 0. The van der Waals surface area contributed by atoms with Gasteiger partial charge in [0.25, 0.3) is 0 Å². The molecule has 1 aromatic rings. The summed E-state index contributed by atoms with van der Waals surface area (Å²) in [5.41, 5.74) is -0.509. The minimum absolute atomic E-state index is 0.141. The van der Waals surface area contributed by atoms with Crippen LogP contribution in [0.15, 0.2) is 24.3 Å². The fourth-order valence-corrected chi connectivity index (χ4v) is 1.24. The molecule has 84 valence electrons. The summed E-state index contributed by atoms with van der Waals surface area (Å²) < 4.78 is 36.9. The van der Waals surface area contributed by atoms with Gasteiger partial charge in [0.05, 0.1) is 18.1 Å². The summed E-state index contributed by atoms with van der Waals surface area (Å²) in [4.78, 5) is 11.1. The van der Waals surface area contributed by atoms with E-state index in [1.165, 1.54) is 12.1 Å². The predicted molar refractivity (Wildman–Crippen MR) is 50.4 cm³/mol. The standard InChI is InChI=1S/C11H8F3NO/c12-11(13,14)9-3-1-2-8(6-9)7-10(16)4-5-15/h1-3,6H,4,7H2. The lowest BCUT2D eigenvalue weighted by molar-refractivity contribution is -0.137. The van der Waals surface area contributed by atoms with Gasteiger partial charge < -0.3 is 0 Å². The first-order valence-corrected chi connectivity index (χ1v) is 4.48. The van der Waals surface area contributed by atoms with Gasteiger partial charge in [-0.3, -0.25) is 4.79 Å². The Morgan fingerprint density at radius 2 is 2.06 bits per heavy atom. The molecule has 0 aromatic heterocycles. The first-order valence-electron chi connectivity index (χ1n) is 4.48. The van der Waals surface area contributed by atoms with Crippen molar-refractivity contribution in [2.45, 2.75) is 19.0 Å². The maximum absolute atomic E-state index is 12.3. The number of ketones is 1. The molecular formula is C11H8F3NO. The Hall–Kier alpha value is -1.83. The minimum atomic E-state index is -4.41. The molecule has 0 bridgehead atoms. The number of halogens is 3. The molecule has 1 aromatic carbocycles. The normalized spacial score (nSPS) is 10.9. The number of nitriles is 1. The summed E-state index contributed by atoms with van der Waals surface area (Å²) in [6, 6.07) is 6.21. The van der Waals surface area contributed by atoms with Crippen molar-refractivity contribution in [1.82, 2.24) is 0 Å². The molecule has 0 aliphatic carbocycles. The third kappa shape index (κ3) is 3.39. The third-order valence-electron chi connectivity index (χ3n) is 1.93. The number of nitrogens with zero attached hydrogens (tertiary/aromatic N) is 1. The molecule has 0 heterocycles. The van der Waals surface area contributed by atoms with Crippen LogP contribution in [0, 0.1) is 11.3 Å². The van der Waals surface area contributed by atoms with Crippen LogP contribution in [-0.4, -0.2) is 5.78 Å². The molecule has 16 heavy (non-hydrogen) atoms. The van der Waals surface area contributed by atoms with E-state index in [1.807, 2.05) is 0 Å². The lowest BCUT2D eigenvalue weighted by atomic mass is 10.0. The van der Waals surface area contributed by atoms with E-state index in [2.05, 4.69) is 0 Å². The number of Topliss-reactive ketones (excluding diaryl/α,β-unsaturated/α-hetero) is 1. The maximum Gasteiger partial charge on any atom is 0.416 e. The second kappa shape index (κ2) is 4.79. The zero-order chi connectivity index (χ0) is 12.2. The van der Waals surface area contributed by atoms with Gasteiger partial charge in [0, 0.05) is 6.42 Å². The van der Waals surface area contributed by atoms with Crippen LogP contribution in [0.25, 0.3) is 0 Å². The highest BCUT2D eigenvalue weighted by molar-refractivity contribution is 5.82. The van der Waals surface area contributed by atoms with Crippen LogP contribution in [0.3, 0.4) is 0 Å². The Labute approximate surface area is 90.3 Å². The molecule has 0 aliphatic heterocycles. The molecule has 0 N–H and O–H groups in total. The van der Waals surface area contributed by atoms with Crippen molar-refractivity contribution in [2.24, 2.45) is 0 Å². The molecule has 0 fully saturated rings. The van der Waals surface area contributed by atoms with Crippen LogP contribution in [-0.2, 0) is 17.4 Å². The highest BCUT2D eigenvalue weighted by Crippen LogP contribution is 2.29. The molecule has 0 aliphatic rings. The largest absolute Gasteiger partial charge is 0.416 e. The smallest absolute Gasteiger partial charge is 0.298 e. The van der Waals surface area contributed by atoms with Crippen molar-refractivity contribution in [3.05, 3.63) is 35.4 Å². The second-order valence-electron chi connectivity index (χ2n) is 3.25. The molecule has 0 saturated carbocycles. The van der Waals surface area contributed by atoms with Crippen LogP contribution >= 0.6 is 0 Å². The number of carbonyl (C=O) groups is 1. The Bertz CT molecular complexity index is 432. The molecular weight excluding hydrogens is 219 g/mol. The van der Waals surface area contributed by atoms with Gasteiger partial charge in [0.1, 0.15) is 0 Å². The summed E-state index contributed by atoms with van der Waals surface area (Å²) in [7, 11) is 0. The van der Waals surface area contributed by atoms with Gasteiger partial charge in [0.2, 0.25) is 0 Å². The molecule has 0 radical (unpaired) electrons. The van der Waals surface area contributed by atoms with Crippen molar-refractivity contribution >= 4 is 5.78 Å². The number of hydrogen-bond donors (Lipinski definition) is 0. The number of benzene rings is 1. The van der Waals surface area contributed by atoms with E-state index < -0.39 is 11.7 Å². The highest BCUT2D eigenvalue weighted by Gasteiger charge is 2.30. The monoisotopic (exact) mass is 227 g/mol. The second-order valence-corrected chi connectivity index (χ2v) is 3.25. The van der Waals surface area contributed by atoms with E-state index in [9.17, 15) is 18.0 Å². The van der Waals surface area contributed by atoms with Crippen molar-refractivity contribution in [1.29, 1.82) is 5.26 Å². The Balaban J connectivity index is 2.84. The van der Waals surface area contributed by atoms with Crippen LogP contribution < -0.4 is 0 Å².